The molecule has 0 bridgehead atoms. The number of benzene rings is 1. The molecule has 5 rings (SSSR count). The van der Waals surface area contributed by atoms with Gasteiger partial charge in [0.25, 0.3) is 0 Å². The predicted octanol–water partition coefficient (Wildman–Crippen LogP) is 10.1. The summed E-state index contributed by atoms with van der Waals surface area (Å²) in [7, 11) is 9.11. The molecule has 4 aromatic heterocycles. The van der Waals surface area contributed by atoms with Crippen LogP contribution in [0, 0.1) is 0 Å². The summed E-state index contributed by atoms with van der Waals surface area (Å²) in [5.74, 6) is 1.68. The van der Waals surface area contributed by atoms with Gasteiger partial charge in [-0.3, -0.25) is 9.63 Å². The number of para-hydroxylation sites is 1. The van der Waals surface area contributed by atoms with E-state index in [1.54, 1.807) is 63.1 Å². The summed E-state index contributed by atoms with van der Waals surface area (Å²) >= 11 is 24.2. The van der Waals surface area contributed by atoms with Crippen molar-refractivity contribution in [1.82, 2.24) is 30.1 Å². The van der Waals surface area contributed by atoms with Gasteiger partial charge in [-0.15, -0.1) is 51.5 Å². The number of hydrogen-bond acceptors (Lipinski definition) is 16. The summed E-state index contributed by atoms with van der Waals surface area (Å²) in [4.78, 5) is 40.4. The molecule has 1 N–H and O–H groups in total. The molecule has 0 atom stereocenters. The third-order valence-electron chi connectivity index (χ3n) is 4.56. The molecule has 0 unspecified atom stereocenters. The van der Waals surface area contributed by atoms with Crippen LogP contribution in [0.1, 0.15) is 0 Å². The van der Waals surface area contributed by atoms with E-state index in [0.717, 1.165) is 25.7 Å². The quantitative estimate of drug-likeness (QED) is 0.0282. The lowest BCUT2D eigenvalue weighted by atomic mass is 10.3. The highest BCUT2D eigenvalue weighted by atomic mass is 35.5. The maximum atomic E-state index is 11.6. The van der Waals surface area contributed by atoms with Gasteiger partial charge < -0.3 is 9.84 Å². The zero-order valence-electron chi connectivity index (χ0n) is 26.8. The Morgan fingerprint density at radius 1 is 0.692 bits per heavy atom. The Morgan fingerprint density at radius 3 is 1.65 bits per heavy atom. The topological polar surface area (TPSA) is 142 Å². The number of pyridine rings is 3. The third kappa shape index (κ3) is 25.5. The Labute approximate surface area is 350 Å². The fourth-order valence-electron chi connectivity index (χ4n) is 2.74. The van der Waals surface area contributed by atoms with Crippen molar-refractivity contribution in [3.05, 3.63) is 97.5 Å². The molecule has 0 aliphatic rings. The molecule has 11 nitrogen and oxygen atoms in total. The molecule has 0 aliphatic heterocycles. The summed E-state index contributed by atoms with van der Waals surface area (Å²) in [6, 6.07) is 24.3. The van der Waals surface area contributed by atoms with E-state index in [1.807, 2.05) is 66.7 Å². The first-order valence-electron chi connectivity index (χ1n) is 14.2. The van der Waals surface area contributed by atoms with Gasteiger partial charge in [-0.1, -0.05) is 67.6 Å². The summed E-state index contributed by atoms with van der Waals surface area (Å²) in [6.45, 7) is 0.459. The Morgan fingerprint density at radius 2 is 1.17 bits per heavy atom. The monoisotopic (exact) mass is 922 g/mol. The van der Waals surface area contributed by atoms with Gasteiger partial charge >= 0.3 is 6.16 Å². The molecule has 0 aliphatic carbocycles. The normalized spacial score (nSPS) is 9.73. The number of halogens is 5. The standard InChI is InChI=1S/C14H12N4O3S2.C7H6ClNOS2.C7H9NOS2.2CH2Cl2/c19-14(20-9-10-22-23-13-7-3-4-8-15-13)21-18-12-6-2-1-5-11(12)16-17-18;8-6(10)5-11-12-7-3-1-2-4-9-7;9-5-6-10-11-7-3-1-2-4-8-7;2*2-1-3/h1-8H,9-10H2;1-4H,5H2;1-4,9H,5-6H2;2*1H2. The van der Waals surface area contributed by atoms with Gasteiger partial charge in [0.2, 0.25) is 5.24 Å². The Balaban J connectivity index is 0.000000393. The first-order valence-corrected chi connectivity index (χ1v) is 23.7. The van der Waals surface area contributed by atoms with Crippen LogP contribution in [0.25, 0.3) is 11.0 Å². The molecule has 0 amide bonds. The zero-order chi connectivity index (χ0) is 38.1. The van der Waals surface area contributed by atoms with E-state index in [1.165, 1.54) is 32.4 Å². The highest BCUT2D eigenvalue weighted by Gasteiger charge is 2.11. The lowest BCUT2D eigenvalue weighted by Gasteiger charge is -2.04. The molecule has 22 heteroatoms. The number of carbonyl (C=O) groups excluding carboxylic acids is 2. The zero-order valence-corrected chi connectivity index (χ0v) is 35.5. The van der Waals surface area contributed by atoms with Crippen LogP contribution in [0.5, 0.6) is 0 Å². The van der Waals surface area contributed by atoms with Crippen LogP contribution in [-0.4, -0.2) is 87.8 Å². The van der Waals surface area contributed by atoms with Crippen molar-refractivity contribution < 1.29 is 24.3 Å². The van der Waals surface area contributed by atoms with Crippen LogP contribution in [-0.2, 0) is 9.53 Å². The van der Waals surface area contributed by atoms with E-state index in [9.17, 15) is 9.59 Å². The molecule has 4 heterocycles. The minimum atomic E-state index is -0.816. The maximum Gasteiger partial charge on any atom is 0.535 e. The second-order valence-corrected chi connectivity index (χ2v) is 17.3. The van der Waals surface area contributed by atoms with Gasteiger partial charge in [-0.2, -0.15) is 0 Å². The number of rotatable bonds is 14. The largest absolute Gasteiger partial charge is 0.535 e. The minimum absolute atomic E-state index is 0.194. The molecule has 0 radical (unpaired) electrons. The van der Waals surface area contributed by atoms with Gasteiger partial charge in [-0.25, -0.2) is 19.7 Å². The van der Waals surface area contributed by atoms with E-state index in [0.29, 0.717) is 22.5 Å². The second-order valence-electron chi connectivity index (χ2n) is 8.08. The summed E-state index contributed by atoms with van der Waals surface area (Å²) < 4.78 is 5.00. The second kappa shape index (κ2) is 34.0. The van der Waals surface area contributed by atoms with Crippen molar-refractivity contribution in [2.45, 2.75) is 15.1 Å². The van der Waals surface area contributed by atoms with Gasteiger partial charge in [0.15, 0.2) is 0 Å². The smallest absolute Gasteiger partial charge is 0.432 e. The van der Waals surface area contributed by atoms with Crippen LogP contribution in [0.2, 0.25) is 0 Å². The molecule has 0 spiro atoms. The predicted molar refractivity (Wildman–Crippen MR) is 224 cm³/mol. The van der Waals surface area contributed by atoms with Gasteiger partial charge in [0.05, 0.1) is 23.0 Å². The van der Waals surface area contributed by atoms with Crippen LogP contribution in [0.15, 0.2) is 113 Å². The van der Waals surface area contributed by atoms with Crippen molar-refractivity contribution in [2.75, 3.05) is 41.2 Å². The van der Waals surface area contributed by atoms with Gasteiger partial charge in [0, 0.05) is 30.1 Å². The lowest BCUT2D eigenvalue weighted by Crippen LogP contribution is -2.22. The fraction of sp³-hybridized carbons (Fsp3) is 0.233. The number of aliphatic hydroxyl groups excluding tert-OH is 1. The van der Waals surface area contributed by atoms with E-state index < -0.39 is 6.16 Å². The highest BCUT2D eigenvalue weighted by Crippen LogP contribution is 2.30. The van der Waals surface area contributed by atoms with E-state index in [2.05, 4.69) is 25.3 Å². The van der Waals surface area contributed by atoms with E-state index >= 15 is 0 Å². The van der Waals surface area contributed by atoms with Gasteiger partial charge in [0.1, 0.15) is 32.7 Å². The number of aliphatic hydroxyl groups is 1. The van der Waals surface area contributed by atoms with Crippen molar-refractivity contribution in [2.24, 2.45) is 0 Å². The Bertz CT molecular complexity index is 1610. The molecule has 0 saturated carbocycles. The highest BCUT2D eigenvalue weighted by molar-refractivity contribution is 8.77. The number of ether oxygens (including phenoxy) is 1. The Hall–Kier alpha value is -1.48. The number of alkyl halides is 4. The molecule has 282 valence electrons. The number of fused-ring (bicyclic) bond motifs is 1. The van der Waals surface area contributed by atoms with Crippen LogP contribution >= 0.6 is 123 Å². The average molecular weight is 925 g/mol. The van der Waals surface area contributed by atoms with Crippen molar-refractivity contribution in [3.8, 4) is 0 Å². The van der Waals surface area contributed by atoms with Gasteiger partial charge in [-0.05, 0) is 97.7 Å². The Kier molecular flexibility index (Phi) is 31.8. The molecular weight excluding hydrogens is 894 g/mol. The van der Waals surface area contributed by atoms with Crippen molar-refractivity contribution in [1.29, 1.82) is 0 Å². The van der Waals surface area contributed by atoms with Crippen LogP contribution < -0.4 is 4.84 Å². The molecule has 0 saturated heterocycles. The summed E-state index contributed by atoms with van der Waals surface area (Å²) in [6.07, 6.45) is 4.40. The van der Waals surface area contributed by atoms with Crippen molar-refractivity contribution >= 4 is 145 Å². The maximum absolute atomic E-state index is 11.6. The molecule has 5 aromatic rings. The average Bonchev–Trinajstić information content (AvgIpc) is 3.56. The van der Waals surface area contributed by atoms with E-state index in [4.69, 9.17) is 72.7 Å². The summed E-state index contributed by atoms with van der Waals surface area (Å²) in [5.41, 5.74) is 1.24. The lowest BCUT2D eigenvalue weighted by molar-refractivity contribution is -0.109. The molecule has 1 aromatic carbocycles. The molecule has 0 fully saturated rings. The van der Waals surface area contributed by atoms with Crippen LogP contribution in [0.4, 0.5) is 4.79 Å². The van der Waals surface area contributed by atoms with Crippen LogP contribution in [0.3, 0.4) is 0 Å². The van der Waals surface area contributed by atoms with Crippen molar-refractivity contribution in [3.63, 3.8) is 0 Å². The number of nitrogens with zero attached hydrogens (tertiary/aromatic N) is 6. The fourth-order valence-corrected chi connectivity index (χ4v) is 8.12. The number of aromatic nitrogens is 6. The number of carbonyl (C=O) groups is 2. The van der Waals surface area contributed by atoms with E-state index in [-0.39, 0.29) is 29.1 Å². The SMILES string of the molecule is ClCCl.ClCCl.O=C(Cl)CSSc1ccccn1.O=C(OCCSSc1ccccn1)On1nnc2ccccc21.OCCSSc1ccccn1. The summed E-state index contributed by atoms with van der Waals surface area (Å²) in [5, 5.41) is 19.0. The first-order chi connectivity index (χ1) is 25.4. The molecular formula is C30H31Cl5N6O5S6. The third-order valence-corrected chi connectivity index (χ3v) is 11.5. The minimum Gasteiger partial charge on any atom is -0.432 e. The first kappa shape index (κ1) is 48.5. The number of hydrogen-bond donors (Lipinski definition) is 1. The molecule has 52 heavy (non-hydrogen) atoms.